The van der Waals surface area contributed by atoms with Crippen molar-refractivity contribution in [3.8, 4) is 0 Å². The molecule has 0 aromatic heterocycles. The first-order chi connectivity index (χ1) is 8.43. The van der Waals surface area contributed by atoms with Crippen LogP contribution in [0.15, 0.2) is 10.6 Å². The van der Waals surface area contributed by atoms with E-state index < -0.39 is 0 Å². The van der Waals surface area contributed by atoms with E-state index in [9.17, 15) is 14.4 Å². The molecule has 6 heteroatoms. The van der Waals surface area contributed by atoms with Gasteiger partial charge in [0.2, 0.25) is 5.91 Å². The first kappa shape index (κ1) is 14.9. The lowest BCUT2D eigenvalue weighted by molar-refractivity contribution is -0.137. The fourth-order valence-electron chi connectivity index (χ4n) is 1.64. The van der Waals surface area contributed by atoms with Gasteiger partial charge in [-0.2, -0.15) is 0 Å². The number of hydrogen-bond donors (Lipinski definition) is 0. The van der Waals surface area contributed by atoms with Crippen LogP contribution in [0.1, 0.15) is 25.7 Å². The van der Waals surface area contributed by atoms with Crippen molar-refractivity contribution in [2.75, 3.05) is 20.6 Å². The number of unbranched alkanes of at least 4 members (excludes halogenated alkanes) is 2. The summed E-state index contributed by atoms with van der Waals surface area (Å²) in [4.78, 5) is 37.0. The third-order valence-electron chi connectivity index (χ3n) is 2.74. The fraction of sp³-hybridized carbons (Fsp3) is 0.583. The lowest BCUT2D eigenvalue weighted by Crippen LogP contribution is -2.31. The number of carbonyl (C=O) groups is 3. The van der Waals surface area contributed by atoms with Crippen LogP contribution in [0.5, 0.6) is 0 Å². The number of nitrogens with zero attached hydrogens (tertiary/aromatic N) is 2. The lowest BCUT2D eigenvalue weighted by Gasteiger charge is -2.14. The summed E-state index contributed by atoms with van der Waals surface area (Å²) in [6.45, 7) is 0.416. The summed E-state index contributed by atoms with van der Waals surface area (Å²) in [6.07, 6.45) is 4.14. The van der Waals surface area contributed by atoms with E-state index in [1.54, 1.807) is 19.0 Å². The Morgan fingerprint density at radius 3 is 2.44 bits per heavy atom. The molecule has 0 saturated carbocycles. The van der Waals surface area contributed by atoms with Crippen LogP contribution in [0, 0.1) is 0 Å². The minimum atomic E-state index is -0.274. The molecule has 0 unspecified atom stereocenters. The Labute approximate surface area is 115 Å². The summed E-state index contributed by atoms with van der Waals surface area (Å²) in [5.74, 6) is -0.437. The predicted octanol–water partition coefficient (Wildman–Crippen LogP) is 1.28. The van der Waals surface area contributed by atoms with Crippen LogP contribution in [0.4, 0.5) is 0 Å². The Balaban J connectivity index is 2.18. The van der Waals surface area contributed by atoms with Gasteiger partial charge in [-0.1, -0.05) is 6.42 Å². The first-order valence-corrected chi connectivity index (χ1v) is 6.66. The molecule has 0 bridgehead atoms. The Kier molecular flexibility index (Phi) is 5.53. The second kappa shape index (κ2) is 6.68. The highest BCUT2D eigenvalue weighted by Crippen LogP contribution is 2.18. The monoisotopic (exact) mass is 316 g/mol. The molecule has 1 heterocycles. The van der Waals surface area contributed by atoms with Crippen LogP contribution in [-0.4, -0.2) is 48.2 Å². The Morgan fingerprint density at radius 2 is 1.94 bits per heavy atom. The molecular weight excluding hydrogens is 300 g/mol. The number of imide groups is 1. The van der Waals surface area contributed by atoms with Crippen molar-refractivity contribution in [1.82, 2.24) is 9.80 Å². The van der Waals surface area contributed by atoms with Crippen LogP contribution in [-0.2, 0) is 14.4 Å². The van der Waals surface area contributed by atoms with Gasteiger partial charge in [-0.05, 0) is 28.8 Å². The van der Waals surface area contributed by atoms with E-state index in [0.717, 1.165) is 19.3 Å². The number of rotatable bonds is 6. The summed E-state index contributed by atoms with van der Waals surface area (Å²) in [5, 5.41) is 0. The van der Waals surface area contributed by atoms with E-state index in [1.807, 2.05) is 0 Å². The summed E-state index contributed by atoms with van der Waals surface area (Å²) < 4.78 is 0.315. The molecule has 0 spiro atoms. The van der Waals surface area contributed by atoms with E-state index in [-0.39, 0.29) is 17.7 Å². The minimum absolute atomic E-state index is 0.104. The van der Waals surface area contributed by atoms with Crippen LogP contribution < -0.4 is 0 Å². The molecule has 18 heavy (non-hydrogen) atoms. The van der Waals surface area contributed by atoms with Gasteiger partial charge in [0.1, 0.15) is 0 Å². The van der Waals surface area contributed by atoms with Crippen molar-refractivity contribution in [3.05, 3.63) is 10.6 Å². The molecule has 5 nitrogen and oxygen atoms in total. The predicted molar refractivity (Wildman–Crippen MR) is 70.9 cm³/mol. The molecule has 0 radical (unpaired) electrons. The quantitative estimate of drug-likeness (QED) is 0.548. The molecule has 3 amide bonds. The maximum atomic E-state index is 11.5. The van der Waals surface area contributed by atoms with Gasteiger partial charge < -0.3 is 4.90 Å². The average Bonchev–Trinajstić information content (AvgIpc) is 2.54. The molecule has 1 rings (SSSR count). The Morgan fingerprint density at radius 1 is 1.28 bits per heavy atom. The van der Waals surface area contributed by atoms with Crippen LogP contribution >= 0.6 is 15.9 Å². The number of amides is 3. The lowest BCUT2D eigenvalue weighted by atomic mass is 10.2. The SMILES string of the molecule is CN(C)C(=O)CCCCCN1C(=O)C=C(Br)C1=O. The average molecular weight is 317 g/mol. The van der Waals surface area contributed by atoms with Gasteiger partial charge in [0.05, 0.1) is 4.48 Å². The van der Waals surface area contributed by atoms with E-state index in [4.69, 9.17) is 0 Å². The van der Waals surface area contributed by atoms with Gasteiger partial charge in [0.15, 0.2) is 0 Å². The highest BCUT2D eigenvalue weighted by atomic mass is 79.9. The molecule has 100 valence electrons. The molecule has 1 aliphatic rings. The first-order valence-electron chi connectivity index (χ1n) is 5.86. The van der Waals surface area contributed by atoms with Gasteiger partial charge in [0.25, 0.3) is 11.8 Å². The van der Waals surface area contributed by atoms with E-state index in [1.165, 1.54) is 11.0 Å². The Bertz CT molecular complexity index is 391. The molecule has 0 aliphatic carbocycles. The van der Waals surface area contributed by atoms with Crippen molar-refractivity contribution in [3.63, 3.8) is 0 Å². The Hall–Kier alpha value is -1.17. The molecule has 0 fully saturated rings. The van der Waals surface area contributed by atoms with E-state index >= 15 is 0 Å². The third-order valence-corrected chi connectivity index (χ3v) is 3.30. The van der Waals surface area contributed by atoms with Crippen molar-refractivity contribution in [2.45, 2.75) is 25.7 Å². The smallest absolute Gasteiger partial charge is 0.267 e. The summed E-state index contributed by atoms with van der Waals surface area (Å²) in [6, 6.07) is 0. The maximum Gasteiger partial charge on any atom is 0.267 e. The highest BCUT2D eigenvalue weighted by molar-refractivity contribution is 9.12. The molecule has 0 N–H and O–H groups in total. The fourth-order valence-corrected chi connectivity index (χ4v) is 2.05. The zero-order valence-electron chi connectivity index (χ0n) is 10.6. The number of hydrogen-bond acceptors (Lipinski definition) is 3. The van der Waals surface area contributed by atoms with Gasteiger partial charge in [-0.3, -0.25) is 19.3 Å². The minimum Gasteiger partial charge on any atom is -0.349 e. The van der Waals surface area contributed by atoms with Gasteiger partial charge in [0, 0.05) is 33.1 Å². The second-order valence-electron chi connectivity index (χ2n) is 4.39. The van der Waals surface area contributed by atoms with Crippen molar-refractivity contribution < 1.29 is 14.4 Å². The topological polar surface area (TPSA) is 57.7 Å². The van der Waals surface area contributed by atoms with E-state index in [2.05, 4.69) is 15.9 Å². The largest absolute Gasteiger partial charge is 0.349 e. The molecule has 1 aliphatic heterocycles. The van der Waals surface area contributed by atoms with Gasteiger partial charge in [-0.15, -0.1) is 0 Å². The van der Waals surface area contributed by atoms with Gasteiger partial charge >= 0.3 is 0 Å². The second-order valence-corrected chi connectivity index (χ2v) is 5.24. The highest BCUT2D eigenvalue weighted by Gasteiger charge is 2.28. The molecule has 0 aromatic rings. The molecular formula is C12H17BrN2O3. The molecule has 0 aromatic carbocycles. The number of halogens is 1. The van der Waals surface area contributed by atoms with Crippen LogP contribution in [0.25, 0.3) is 0 Å². The normalized spacial score (nSPS) is 15.1. The van der Waals surface area contributed by atoms with E-state index in [0.29, 0.717) is 17.4 Å². The molecule has 0 saturated heterocycles. The third kappa shape index (κ3) is 3.94. The zero-order chi connectivity index (χ0) is 13.7. The summed E-state index contributed by atoms with van der Waals surface area (Å²) in [5.41, 5.74) is 0. The zero-order valence-corrected chi connectivity index (χ0v) is 12.2. The number of carbonyl (C=O) groups excluding carboxylic acids is 3. The van der Waals surface area contributed by atoms with Gasteiger partial charge in [-0.25, -0.2) is 0 Å². The van der Waals surface area contributed by atoms with Crippen LogP contribution in [0.2, 0.25) is 0 Å². The maximum absolute atomic E-state index is 11.5. The summed E-state index contributed by atoms with van der Waals surface area (Å²) >= 11 is 3.04. The van der Waals surface area contributed by atoms with Crippen molar-refractivity contribution >= 4 is 33.7 Å². The molecule has 0 atom stereocenters. The standard InChI is InChI=1S/C12H17BrN2O3/c1-14(2)10(16)6-4-3-5-7-15-11(17)8-9(13)12(15)18/h8H,3-7H2,1-2H3. The summed E-state index contributed by atoms with van der Waals surface area (Å²) in [7, 11) is 3.46. The van der Waals surface area contributed by atoms with Crippen molar-refractivity contribution in [1.29, 1.82) is 0 Å². The van der Waals surface area contributed by atoms with Crippen molar-refractivity contribution in [2.24, 2.45) is 0 Å². The van der Waals surface area contributed by atoms with Crippen LogP contribution in [0.3, 0.4) is 0 Å².